The number of aryl methyl sites for hydroxylation is 1. The zero-order valence-electron chi connectivity index (χ0n) is 15.9. The van der Waals surface area contributed by atoms with Gasteiger partial charge in [0.2, 0.25) is 11.7 Å². The van der Waals surface area contributed by atoms with Crippen molar-refractivity contribution >= 4 is 11.0 Å². The van der Waals surface area contributed by atoms with Crippen molar-refractivity contribution < 1.29 is 9.26 Å². The lowest BCUT2D eigenvalue weighted by Gasteiger charge is -2.26. The quantitative estimate of drug-likeness (QED) is 0.572. The smallest absolute Gasteiger partial charge is 0.230 e. The van der Waals surface area contributed by atoms with Gasteiger partial charge in [-0.3, -0.25) is 0 Å². The summed E-state index contributed by atoms with van der Waals surface area (Å²) in [5.74, 6) is 1.48. The molecule has 1 unspecified atom stereocenters. The topological polar surface area (TPSA) is 108 Å². The largest absolute Gasteiger partial charge is 0.381 e. The van der Waals surface area contributed by atoms with Gasteiger partial charge in [-0.1, -0.05) is 10.4 Å². The average molecular weight is 391 g/mol. The third kappa shape index (κ3) is 2.84. The molecule has 0 aromatic carbocycles. The first-order valence-electron chi connectivity index (χ1n) is 10.1. The average Bonchev–Trinajstić information content (AvgIpc) is 3.52. The summed E-state index contributed by atoms with van der Waals surface area (Å²) in [4.78, 5) is 12.2. The van der Waals surface area contributed by atoms with Crippen LogP contribution < -0.4 is 0 Å². The van der Waals surface area contributed by atoms with E-state index < -0.39 is 0 Å². The van der Waals surface area contributed by atoms with Crippen LogP contribution in [0.1, 0.15) is 48.5 Å². The van der Waals surface area contributed by atoms with Crippen LogP contribution in [0, 0.1) is 0 Å². The van der Waals surface area contributed by atoms with Gasteiger partial charge >= 0.3 is 0 Å². The summed E-state index contributed by atoms with van der Waals surface area (Å²) in [5.41, 5.74) is 4.07. The monoisotopic (exact) mass is 391 g/mol. The van der Waals surface area contributed by atoms with Gasteiger partial charge in [0.25, 0.3) is 0 Å². The molecule has 0 bridgehead atoms. The Balaban J connectivity index is 1.29. The maximum absolute atomic E-state index is 5.70. The van der Waals surface area contributed by atoms with E-state index in [1.165, 1.54) is 5.69 Å². The van der Waals surface area contributed by atoms with Gasteiger partial charge in [0.15, 0.2) is 0 Å². The molecule has 1 fully saturated rings. The zero-order valence-corrected chi connectivity index (χ0v) is 15.9. The van der Waals surface area contributed by atoms with E-state index in [4.69, 9.17) is 14.2 Å². The third-order valence-electron chi connectivity index (χ3n) is 6.07. The van der Waals surface area contributed by atoms with Crippen LogP contribution in [0.4, 0.5) is 0 Å². The first-order valence-corrected chi connectivity index (χ1v) is 10.1. The third-order valence-corrected chi connectivity index (χ3v) is 6.07. The SMILES string of the molecule is c1cc(-c2noc(C3CCc4nnn(C5CCOCC5)c4C3)n2)c2cc[nH]c2n1. The van der Waals surface area contributed by atoms with Crippen LogP contribution in [0.15, 0.2) is 29.0 Å². The highest BCUT2D eigenvalue weighted by molar-refractivity contribution is 5.90. The van der Waals surface area contributed by atoms with E-state index in [0.717, 1.165) is 67.6 Å². The Bertz CT molecular complexity index is 1150. The molecule has 0 spiro atoms. The van der Waals surface area contributed by atoms with Crippen molar-refractivity contribution in [1.82, 2.24) is 35.1 Å². The van der Waals surface area contributed by atoms with Gasteiger partial charge < -0.3 is 14.2 Å². The minimum absolute atomic E-state index is 0.185. The van der Waals surface area contributed by atoms with Crippen LogP contribution in [-0.2, 0) is 17.6 Å². The molecule has 0 amide bonds. The highest BCUT2D eigenvalue weighted by atomic mass is 16.5. The molecule has 1 atom stereocenters. The lowest BCUT2D eigenvalue weighted by molar-refractivity contribution is 0.0647. The molecular formula is C20H21N7O2. The summed E-state index contributed by atoms with van der Waals surface area (Å²) in [7, 11) is 0. The van der Waals surface area contributed by atoms with Gasteiger partial charge in [0, 0.05) is 48.9 Å². The molecule has 148 valence electrons. The van der Waals surface area contributed by atoms with Crippen LogP contribution in [0.2, 0.25) is 0 Å². The molecule has 0 radical (unpaired) electrons. The van der Waals surface area contributed by atoms with Gasteiger partial charge in [0.05, 0.1) is 17.4 Å². The minimum atomic E-state index is 0.185. The van der Waals surface area contributed by atoms with E-state index in [-0.39, 0.29) is 5.92 Å². The number of pyridine rings is 1. The summed E-state index contributed by atoms with van der Waals surface area (Å²) in [6.07, 6.45) is 8.26. The maximum atomic E-state index is 5.70. The van der Waals surface area contributed by atoms with Crippen molar-refractivity contribution in [2.75, 3.05) is 13.2 Å². The van der Waals surface area contributed by atoms with Crippen LogP contribution in [0.25, 0.3) is 22.4 Å². The number of nitrogens with zero attached hydrogens (tertiary/aromatic N) is 6. The Morgan fingerprint density at radius 3 is 3.00 bits per heavy atom. The molecule has 0 saturated carbocycles. The van der Waals surface area contributed by atoms with Crippen molar-refractivity contribution in [1.29, 1.82) is 0 Å². The molecular weight excluding hydrogens is 370 g/mol. The number of ether oxygens (including phenoxy) is 1. The maximum Gasteiger partial charge on any atom is 0.230 e. The Morgan fingerprint density at radius 1 is 1.14 bits per heavy atom. The second-order valence-corrected chi connectivity index (χ2v) is 7.77. The van der Waals surface area contributed by atoms with Crippen molar-refractivity contribution in [2.45, 2.75) is 44.1 Å². The second-order valence-electron chi connectivity index (χ2n) is 7.77. The van der Waals surface area contributed by atoms with Gasteiger partial charge in [-0.2, -0.15) is 4.98 Å². The van der Waals surface area contributed by atoms with Crippen molar-refractivity contribution in [3.8, 4) is 11.4 Å². The molecule has 1 saturated heterocycles. The normalized spacial score (nSPS) is 20.2. The molecule has 6 rings (SSSR count). The number of nitrogens with one attached hydrogen (secondary N) is 1. The fourth-order valence-corrected chi connectivity index (χ4v) is 4.50. The molecule has 4 aromatic rings. The summed E-state index contributed by atoms with van der Waals surface area (Å²) >= 11 is 0. The number of hydrogen-bond acceptors (Lipinski definition) is 7. The van der Waals surface area contributed by atoms with Gasteiger partial charge in [-0.15, -0.1) is 5.10 Å². The minimum Gasteiger partial charge on any atom is -0.381 e. The number of aromatic nitrogens is 7. The number of H-pyrrole nitrogens is 1. The predicted molar refractivity (Wildman–Crippen MR) is 103 cm³/mol. The Kier molecular flexibility index (Phi) is 3.93. The van der Waals surface area contributed by atoms with Gasteiger partial charge in [-0.05, 0) is 37.8 Å². The number of aromatic amines is 1. The van der Waals surface area contributed by atoms with E-state index in [1.807, 2.05) is 18.3 Å². The number of fused-ring (bicyclic) bond motifs is 2. The molecule has 5 heterocycles. The van der Waals surface area contributed by atoms with Crippen LogP contribution in [-0.4, -0.2) is 48.3 Å². The molecule has 9 heteroatoms. The Hall–Kier alpha value is -3.07. The molecule has 29 heavy (non-hydrogen) atoms. The molecule has 9 nitrogen and oxygen atoms in total. The predicted octanol–water partition coefficient (Wildman–Crippen LogP) is 2.83. The first-order chi connectivity index (χ1) is 14.4. The number of hydrogen-bond donors (Lipinski definition) is 1. The number of rotatable bonds is 3. The first kappa shape index (κ1) is 16.8. The zero-order chi connectivity index (χ0) is 19.2. The highest BCUT2D eigenvalue weighted by Gasteiger charge is 2.31. The van der Waals surface area contributed by atoms with E-state index in [1.54, 1.807) is 6.20 Å². The lowest BCUT2D eigenvalue weighted by atomic mass is 9.89. The van der Waals surface area contributed by atoms with E-state index in [9.17, 15) is 0 Å². The standard InChI is InChI=1S/C20H21N7O2/c1-2-16-17(27(26-24-16)13-5-9-28-10-6-13)11-12(1)20-23-19(25-29-20)15-4-8-22-18-14(15)3-7-21-18/h3-4,7-8,12-13H,1-2,5-6,9-11H2,(H,21,22). The molecule has 1 aliphatic carbocycles. The van der Waals surface area contributed by atoms with Gasteiger partial charge in [0.1, 0.15) is 5.65 Å². The summed E-state index contributed by atoms with van der Waals surface area (Å²) in [6, 6.07) is 4.28. The molecule has 4 aromatic heterocycles. The summed E-state index contributed by atoms with van der Waals surface area (Å²) < 4.78 is 13.3. The fourth-order valence-electron chi connectivity index (χ4n) is 4.50. The van der Waals surface area contributed by atoms with Crippen molar-refractivity contribution in [2.24, 2.45) is 0 Å². The fraction of sp³-hybridized carbons (Fsp3) is 0.450. The summed E-state index contributed by atoms with van der Waals surface area (Å²) in [6.45, 7) is 1.57. The molecule has 1 aliphatic heterocycles. The van der Waals surface area contributed by atoms with Crippen LogP contribution >= 0.6 is 0 Å². The van der Waals surface area contributed by atoms with Crippen LogP contribution in [0.5, 0.6) is 0 Å². The van der Waals surface area contributed by atoms with Crippen LogP contribution in [0.3, 0.4) is 0 Å². The van der Waals surface area contributed by atoms with Crippen molar-refractivity contribution in [3.63, 3.8) is 0 Å². The highest BCUT2D eigenvalue weighted by Crippen LogP contribution is 2.34. The van der Waals surface area contributed by atoms with E-state index in [0.29, 0.717) is 17.8 Å². The molecule has 2 aliphatic rings. The van der Waals surface area contributed by atoms with E-state index >= 15 is 0 Å². The summed E-state index contributed by atoms with van der Waals surface area (Å²) in [5, 5.41) is 14.2. The van der Waals surface area contributed by atoms with Crippen molar-refractivity contribution in [3.05, 3.63) is 41.8 Å². The lowest BCUT2D eigenvalue weighted by Crippen LogP contribution is -2.24. The Labute approximate surface area is 166 Å². The molecule has 1 N–H and O–H groups in total. The second kappa shape index (κ2) is 6.77. The Morgan fingerprint density at radius 2 is 2.07 bits per heavy atom. The van der Waals surface area contributed by atoms with Gasteiger partial charge in [-0.25, -0.2) is 9.67 Å². The van der Waals surface area contributed by atoms with E-state index in [2.05, 4.69) is 30.1 Å².